The van der Waals surface area contributed by atoms with Crippen molar-refractivity contribution in [3.05, 3.63) is 89.4 Å². The smallest absolute Gasteiger partial charge is 0.337 e. The molecule has 1 atom stereocenters. The molecule has 4 rings (SSSR count). The van der Waals surface area contributed by atoms with E-state index in [0.717, 1.165) is 0 Å². The van der Waals surface area contributed by atoms with Gasteiger partial charge in [-0.1, -0.05) is 6.07 Å². The summed E-state index contributed by atoms with van der Waals surface area (Å²) in [5.41, 5.74) is 0.702. The van der Waals surface area contributed by atoms with Gasteiger partial charge in [0.15, 0.2) is 0 Å². The molecule has 3 aromatic rings. The summed E-state index contributed by atoms with van der Waals surface area (Å²) in [4.78, 5) is 39.3. The van der Waals surface area contributed by atoms with Gasteiger partial charge in [0.1, 0.15) is 23.3 Å². The van der Waals surface area contributed by atoms with Crippen LogP contribution in [0.2, 0.25) is 0 Å². The van der Waals surface area contributed by atoms with E-state index in [4.69, 9.17) is 13.9 Å². The number of hydrogen-bond donors (Lipinski definition) is 1. The Labute approximate surface area is 183 Å². The normalized spacial score (nSPS) is 17.4. The number of benzene rings is 2. The third kappa shape index (κ3) is 3.51. The van der Waals surface area contributed by atoms with E-state index in [1.165, 1.54) is 37.5 Å². The fourth-order valence-electron chi connectivity index (χ4n) is 3.62. The molecule has 1 unspecified atom stereocenters. The summed E-state index contributed by atoms with van der Waals surface area (Å²) in [5, 5.41) is 11.0. The molecule has 2 aromatic carbocycles. The van der Waals surface area contributed by atoms with E-state index < -0.39 is 23.7 Å². The van der Waals surface area contributed by atoms with Crippen molar-refractivity contribution >= 4 is 29.1 Å². The summed E-state index contributed by atoms with van der Waals surface area (Å²) in [6.45, 7) is 0. The van der Waals surface area contributed by atoms with Gasteiger partial charge in [-0.3, -0.25) is 14.5 Å². The number of rotatable bonds is 5. The van der Waals surface area contributed by atoms with Crippen LogP contribution in [0, 0.1) is 0 Å². The molecule has 162 valence electrons. The summed E-state index contributed by atoms with van der Waals surface area (Å²) in [7, 11) is 2.76. The second-order valence-corrected chi connectivity index (χ2v) is 6.95. The number of carbonyl (C=O) groups excluding carboxylic acids is 3. The number of ether oxygens (including phenoxy) is 2. The van der Waals surface area contributed by atoms with Crippen LogP contribution in [0.15, 0.2) is 76.9 Å². The van der Waals surface area contributed by atoms with Gasteiger partial charge < -0.3 is 19.0 Å². The van der Waals surface area contributed by atoms with Crippen LogP contribution in [-0.2, 0) is 14.3 Å². The summed E-state index contributed by atoms with van der Waals surface area (Å²) in [6.07, 6.45) is 1.41. The van der Waals surface area contributed by atoms with Gasteiger partial charge in [0.05, 0.1) is 31.6 Å². The summed E-state index contributed by atoms with van der Waals surface area (Å²) < 4.78 is 15.4. The van der Waals surface area contributed by atoms with E-state index in [2.05, 4.69) is 0 Å². The Morgan fingerprint density at radius 2 is 1.75 bits per heavy atom. The monoisotopic (exact) mass is 433 g/mol. The molecule has 0 saturated carbocycles. The number of ketones is 1. The molecule has 1 aliphatic heterocycles. The van der Waals surface area contributed by atoms with E-state index in [1.54, 1.807) is 48.5 Å². The Morgan fingerprint density at radius 3 is 2.38 bits per heavy atom. The van der Waals surface area contributed by atoms with Crippen LogP contribution in [0.3, 0.4) is 0 Å². The van der Waals surface area contributed by atoms with Gasteiger partial charge >= 0.3 is 5.97 Å². The van der Waals surface area contributed by atoms with Crippen molar-refractivity contribution in [3.8, 4) is 5.75 Å². The van der Waals surface area contributed by atoms with Crippen molar-refractivity contribution in [1.29, 1.82) is 0 Å². The standard InChI is InChI=1S/C24H19NO7/c1-30-17-10-8-14(9-11-17)21(26)19-20(18-7-4-12-32-18)25(23(28)22(19)27)16-6-3-5-15(13-16)24(29)31-2/h3-13,20,26H,1-2H3/b21-19-. The lowest BCUT2D eigenvalue weighted by Crippen LogP contribution is -2.29. The Morgan fingerprint density at radius 1 is 1.00 bits per heavy atom. The minimum absolute atomic E-state index is 0.126. The SMILES string of the molecule is COC(=O)c1cccc(N2C(=O)C(=O)/C(=C(\O)c3ccc(OC)cc3)C2c2ccco2)c1. The molecule has 1 amide bonds. The quantitative estimate of drug-likeness (QED) is 0.283. The summed E-state index contributed by atoms with van der Waals surface area (Å²) >= 11 is 0. The highest BCUT2D eigenvalue weighted by Gasteiger charge is 2.48. The molecule has 1 fully saturated rings. The van der Waals surface area contributed by atoms with Gasteiger partial charge in [0, 0.05) is 11.3 Å². The summed E-state index contributed by atoms with van der Waals surface area (Å²) in [6, 6.07) is 14.8. The molecule has 1 aromatic heterocycles. The molecule has 0 aliphatic carbocycles. The van der Waals surface area contributed by atoms with Gasteiger partial charge in [-0.2, -0.15) is 0 Å². The number of furan rings is 1. The molecular weight excluding hydrogens is 414 g/mol. The average Bonchev–Trinajstić information content (AvgIpc) is 3.45. The molecule has 32 heavy (non-hydrogen) atoms. The predicted molar refractivity (Wildman–Crippen MR) is 114 cm³/mol. The molecule has 0 bridgehead atoms. The summed E-state index contributed by atoms with van der Waals surface area (Å²) in [5.74, 6) is -1.81. The van der Waals surface area contributed by atoms with E-state index in [1.807, 2.05) is 0 Å². The first kappa shape index (κ1) is 20.9. The van der Waals surface area contributed by atoms with Gasteiger partial charge in [-0.15, -0.1) is 0 Å². The lowest BCUT2D eigenvalue weighted by Gasteiger charge is -2.23. The topological polar surface area (TPSA) is 106 Å². The molecule has 0 radical (unpaired) electrons. The van der Waals surface area contributed by atoms with Crippen LogP contribution in [0.25, 0.3) is 5.76 Å². The van der Waals surface area contributed by atoms with Crippen LogP contribution >= 0.6 is 0 Å². The minimum Gasteiger partial charge on any atom is -0.507 e. The zero-order valence-electron chi connectivity index (χ0n) is 17.3. The van der Waals surface area contributed by atoms with Crippen molar-refractivity contribution in [1.82, 2.24) is 0 Å². The third-order valence-corrected chi connectivity index (χ3v) is 5.17. The zero-order valence-corrected chi connectivity index (χ0v) is 17.3. The molecule has 8 heteroatoms. The lowest BCUT2D eigenvalue weighted by atomic mass is 9.99. The fraction of sp³-hybridized carbons (Fsp3) is 0.125. The third-order valence-electron chi connectivity index (χ3n) is 5.17. The number of esters is 1. The number of methoxy groups -OCH3 is 2. The highest BCUT2D eigenvalue weighted by molar-refractivity contribution is 6.51. The van der Waals surface area contributed by atoms with Crippen LogP contribution in [0.4, 0.5) is 5.69 Å². The van der Waals surface area contributed by atoms with Gasteiger partial charge in [0.25, 0.3) is 11.7 Å². The fourth-order valence-corrected chi connectivity index (χ4v) is 3.62. The number of carbonyl (C=O) groups is 3. The van der Waals surface area contributed by atoms with Crippen molar-refractivity contribution in [3.63, 3.8) is 0 Å². The number of anilines is 1. The van der Waals surface area contributed by atoms with Crippen molar-refractivity contribution < 1.29 is 33.4 Å². The number of hydrogen-bond acceptors (Lipinski definition) is 7. The minimum atomic E-state index is -1.03. The second kappa shape index (κ2) is 8.43. The Balaban J connectivity index is 1.88. The first-order valence-electron chi connectivity index (χ1n) is 9.63. The number of aliphatic hydroxyl groups is 1. The van der Waals surface area contributed by atoms with Crippen LogP contribution in [0.5, 0.6) is 5.75 Å². The van der Waals surface area contributed by atoms with Gasteiger partial charge in [-0.25, -0.2) is 4.79 Å². The number of amides is 1. The van der Waals surface area contributed by atoms with Crippen molar-refractivity contribution in [2.75, 3.05) is 19.1 Å². The van der Waals surface area contributed by atoms with Crippen LogP contribution < -0.4 is 9.64 Å². The Bertz CT molecular complexity index is 1210. The van der Waals surface area contributed by atoms with E-state index in [0.29, 0.717) is 11.3 Å². The van der Waals surface area contributed by atoms with Crippen molar-refractivity contribution in [2.24, 2.45) is 0 Å². The molecule has 8 nitrogen and oxygen atoms in total. The lowest BCUT2D eigenvalue weighted by molar-refractivity contribution is -0.132. The first-order valence-corrected chi connectivity index (χ1v) is 9.63. The molecular formula is C24H19NO7. The zero-order chi connectivity index (χ0) is 22.8. The van der Waals surface area contributed by atoms with Crippen molar-refractivity contribution in [2.45, 2.75) is 6.04 Å². The van der Waals surface area contributed by atoms with Gasteiger partial charge in [0.2, 0.25) is 0 Å². The predicted octanol–water partition coefficient (Wildman–Crippen LogP) is 3.70. The Kier molecular flexibility index (Phi) is 5.51. The second-order valence-electron chi connectivity index (χ2n) is 6.95. The van der Waals surface area contributed by atoms with E-state index >= 15 is 0 Å². The van der Waals surface area contributed by atoms with Gasteiger partial charge in [-0.05, 0) is 54.6 Å². The average molecular weight is 433 g/mol. The van der Waals surface area contributed by atoms with E-state index in [-0.39, 0.29) is 28.3 Å². The first-order chi connectivity index (χ1) is 15.5. The highest BCUT2D eigenvalue weighted by Crippen LogP contribution is 2.42. The van der Waals surface area contributed by atoms with E-state index in [9.17, 15) is 19.5 Å². The maximum atomic E-state index is 13.1. The highest BCUT2D eigenvalue weighted by atomic mass is 16.5. The number of Topliss-reactive ketones (excluding diaryl/α,β-unsaturated/α-hetero) is 1. The Hall–Kier alpha value is -4.33. The number of nitrogens with zero attached hydrogens (tertiary/aromatic N) is 1. The largest absolute Gasteiger partial charge is 0.507 e. The molecule has 1 N–H and O–H groups in total. The number of aliphatic hydroxyl groups excluding tert-OH is 1. The molecule has 2 heterocycles. The molecule has 1 saturated heterocycles. The van der Waals surface area contributed by atoms with Crippen LogP contribution in [0.1, 0.15) is 27.7 Å². The maximum absolute atomic E-state index is 13.1. The molecule has 1 aliphatic rings. The maximum Gasteiger partial charge on any atom is 0.337 e. The molecule has 0 spiro atoms. The van der Waals surface area contributed by atoms with Crippen LogP contribution in [-0.4, -0.2) is 37.0 Å².